The first kappa shape index (κ1) is 14.2. The average molecular weight is 277 g/mol. The largest absolute Gasteiger partial charge is 0.409 e. The summed E-state index contributed by atoms with van der Waals surface area (Å²) in [5, 5.41) is 19.4. The van der Waals surface area contributed by atoms with Gasteiger partial charge in [0.2, 0.25) is 0 Å². The summed E-state index contributed by atoms with van der Waals surface area (Å²) in [5.41, 5.74) is 7.38. The van der Waals surface area contributed by atoms with Gasteiger partial charge in [-0.05, 0) is 32.8 Å². The van der Waals surface area contributed by atoms with Crippen LogP contribution in [0.25, 0.3) is 0 Å². The van der Waals surface area contributed by atoms with E-state index in [0.29, 0.717) is 29.9 Å². The molecule has 3 N–H and O–H groups in total. The summed E-state index contributed by atoms with van der Waals surface area (Å²) in [6, 6.07) is 2.01. The summed E-state index contributed by atoms with van der Waals surface area (Å²) in [4.78, 5) is 14.4. The molecule has 1 aliphatic rings. The molecule has 1 amide bonds. The zero-order valence-electron chi connectivity index (χ0n) is 11.7. The highest BCUT2D eigenvalue weighted by Gasteiger charge is 2.33. The molecule has 1 aromatic rings. The monoisotopic (exact) mass is 277 g/mol. The van der Waals surface area contributed by atoms with Gasteiger partial charge in [0.25, 0.3) is 5.91 Å². The van der Waals surface area contributed by atoms with Gasteiger partial charge in [0.1, 0.15) is 5.84 Å². The van der Waals surface area contributed by atoms with Crippen molar-refractivity contribution in [1.82, 2.24) is 15.1 Å². The lowest BCUT2D eigenvalue weighted by atomic mass is 10.1. The fourth-order valence-corrected chi connectivity index (χ4v) is 2.04. The van der Waals surface area contributed by atoms with E-state index in [2.05, 4.69) is 15.4 Å². The van der Waals surface area contributed by atoms with Crippen molar-refractivity contribution < 1.29 is 10.0 Å². The van der Waals surface area contributed by atoms with Crippen LogP contribution in [0.4, 0.5) is 0 Å². The van der Waals surface area contributed by atoms with Gasteiger partial charge in [-0.1, -0.05) is 5.16 Å². The smallest absolute Gasteiger partial charge is 0.256 e. The Bertz CT molecular complexity index is 540. The molecule has 0 radical (unpaired) electrons. The predicted octanol–water partition coefficient (Wildman–Crippen LogP) is 0.835. The van der Waals surface area contributed by atoms with Crippen molar-refractivity contribution in [1.29, 1.82) is 0 Å². The lowest BCUT2D eigenvalue weighted by molar-refractivity contribution is 0.0745. The van der Waals surface area contributed by atoms with Crippen LogP contribution in [0, 0.1) is 13.8 Å². The number of rotatable bonds is 5. The van der Waals surface area contributed by atoms with Crippen LogP contribution in [0.15, 0.2) is 11.2 Å². The number of nitrogens with two attached hydrogens (primary N) is 1. The molecule has 1 aliphatic carbocycles. The normalized spacial score (nSPS) is 15.2. The van der Waals surface area contributed by atoms with E-state index in [0.717, 1.165) is 12.8 Å². The van der Waals surface area contributed by atoms with Gasteiger partial charge in [-0.25, -0.2) is 0 Å². The van der Waals surface area contributed by atoms with Gasteiger partial charge in [-0.3, -0.25) is 4.79 Å². The Morgan fingerprint density at radius 2 is 2.20 bits per heavy atom. The summed E-state index contributed by atoms with van der Waals surface area (Å²) in [6.45, 7) is 4.02. The highest BCUT2D eigenvalue weighted by molar-refractivity contribution is 5.96. The third-order valence-electron chi connectivity index (χ3n) is 3.32. The van der Waals surface area contributed by atoms with Crippen LogP contribution in [0.1, 0.15) is 41.0 Å². The molecule has 1 aromatic heterocycles. The van der Waals surface area contributed by atoms with Crippen molar-refractivity contribution in [3.63, 3.8) is 0 Å². The second kappa shape index (κ2) is 5.85. The molecular formula is C13H19N5O2. The fourth-order valence-electron chi connectivity index (χ4n) is 2.04. The first-order valence-electron chi connectivity index (χ1n) is 6.61. The molecule has 1 saturated carbocycles. The van der Waals surface area contributed by atoms with Gasteiger partial charge >= 0.3 is 0 Å². The molecule has 1 heterocycles. The van der Waals surface area contributed by atoms with Crippen molar-refractivity contribution in [3.8, 4) is 0 Å². The molecule has 7 nitrogen and oxygen atoms in total. The van der Waals surface area contributed by atoms with Crippen LogP contribution >= 0.6 is 0 Å². The van der Waals surface area contributed by atoms with Gasteiger partial charge < -0.3 is 15.8 Å². The molecule has 0 spiro atoms. The first-order valence-corrected chi connectivity index (χ1v) is 6.61. The van der Waals surface area contributed by atoms with E-state index in [4.69, 9.17) is 10.9 Å². The summed E-state index contributed by atoms with van der Waals surface area (Å²) in [5.74, 6) is 0.0675. The minimum atomic E-state index is -0.0614. The number of nitrogens with zero attached hydrogens (tertiary/aromatic N) is 4. The van der Waals surface area contributed by atoms with Gasteiger partial charge in [0, 0.05) is 19.0 Å². The molecule has 0 aromatic carbocycles. The molecule has 108 valence electrons. The lowest BCUT2D eigenvalue weighted by Gasteiger charge is -2.22. The van der Waals surface area contributed by atoms with E-state index in [1.54, 1.807) is 24.8 Å². The Balaban J connectivity index is 2.16. The van der Waals surface area contributed by atoms with Crippen molar-refractivity contribution in [2.45, 2.75) is 39.2 Å². The SMILES string of the molecule is Cc1cc(C(=O)N(CC/C(N)=N/O)C2CC2)c(C)nn1. The quantitative estimate of drug-likeness (QED) is 0.359. The van der Waals surface area contributed by atoms with Gasteiger partial charge in [0.15, 0.2) is 0 Å². The van der Waals surface area contributed by atoms with E-state index in [-0.39, 0.29) is 17.8 Å². The van der Waals surface area contributed by atoms with Gasteiger partial charge in [-0.2, -0.15) is 10.2 Å². The Morgan fingerprint density at radius 3 is 2.80 bits per heavy atom. The van der Waals surface area contributed by atoms with E-state index in [1.165, 1.54) is 0 Å². The van der Waals surface area contributed by atoms with Crippen LogP contribution < -0.4 is 5.73 Å². The summed E-state index contributed by atoms with van der Waals surface area (Å²) >= 11 is 0. The van der Waals surface area contributed by atoms with Crippen LogP contribution in [0.2, 0.25) is 0 Å². The molecule has 0 unspecified atom stereocenters. The summed E-state index contributed by atoms with van der Waals surface area (Å²) in [7, 11) is 0. The van der Waals surface area contributed by atoms with Crippen LogP contribution in [0.5, 0.6) is 0 Å². The van der Waals surface area contributed by atoms with Gasteiger partial charge in [0.05, 0.1) is 17.0 Å². The molecule has 0 aliphatic heterocycles. The zero-order valence-corrected chi connectivity index (χ0v) is 11.7. The second-order valence-electron chi connectivity index (χ2n) is 5.06. The topological polar surface area (TPSA) is 105 Å². The molecule has 7 heteroatoms. The summed E-state index contributed by atoms with van der Waals surface area (Å²) < 4.78 is 0. The first-order chi connectivity index (χ1) is 9.52. The third kappa shape index (κ3) is 3.23. The van der Waals surface area contributed by atoms with E-state index < -0.39 is 0 Å². The third-order valence-corrected chi connectivity index (χ3v) is 3.32. The van der Waals surface area contributed by atoms with Crippen molar-refractivity contribution in [3.05, 3.63) is 23.0 Å². The standard InChI is InChI=1S/C13H19N5O2/c1-8-7-11(9(2)16-15-8)13(19)18(10-3-4-10)6-5-12(14)17-20/h7,10,20H,3-6H2,1-2H3,(H2,14,17). The Hall–Kier alpha value is -2.18. The lowest BCUT2D eigenvalue weighted by Crippen LogP contribution is -2.36. The van der Waals surface area contributed by atoms with Crippen LogP contribution in [-0.2, 0) is 0 Å². The number of amides is 1. The highest BCUT2D eigenvalue weighted by Crippen LogP contribution is 2.28. The maximum atomic E-state index is 12.6. The molecule has 0 bridgehead atoms. The van der Waals surface area contributed by atoms with Crippen molar-refractivity contribution in [2.24, 2.45) is 10.9 Å². The minimum absolute atomic E-state index is 0.0614. The van der Waals surface area contributed by atoms with Gasteiger partial charge in [-0.15, -0.1) is 0 Å². The minimum Gasteiger partial charge on any atom is -0.409 e. The zero-order chi connectivity index (χ0) is 14.7. The number of carbonyl (C=O) groups is 1. The molecule has 20 heavy (non-hydrogen) atoms. The number of hydrogen-bond donors (Lipinski definition) is 2. The number of aromatic nitrogens is 2. The van der Waals surface area contributed by atoms with Crippen LogP contribution in [-0.4, -0.2) is 44.6 Å². The number of hydrogen-bond acceptors (Lipinski definition) is 5. The summed E-state index contributed by atoms with van der Waals surface area (Å²) in [6.07, 6.45) is 2.35. The molecule has 1 fully saturated rings. The number of aryl methyl sites for hydroxylation is 2. The Labute approximate surface area is 117 Å². The predicted molar refractivity (Wildman–Crippen MR) is 73.6 cm³/mol. The second-order valence-corrected chi connectivity index (χ2v) is 5.06. The highest BCUT2D eigenvalue weighted by atomic mass is 16.4. The van der Waals surface area contributed by atoms with Crippen molar-refractivity contribution in [2.75, 3.05) is 6.54 Å². The maximum Gasteiger partial charge on any atom is 0.256 e. The molecule has 0 saturated heterocycles. The molecular weight excluding hydrogens is 258 g/mol. The Kier molecular flexibility index (Phi) is 4.16. The molecule has 0 atom stereocenters. The molecule has 2 rings (SSSR count). The number of oxime groups is 1. The van der Waals surface area contributed by atoms with E-state index in [9.17, 15) is 4.79 Å². The number of carbonyl (C=O) groups excluding carboxylic acids is 1. The van der Waals surface area contributed by atoms with Crippen LogP contribution in [0.3, 0.4) is 0 Å². The average Bonchev–Trinajstić information content (AvgIpc) is 3.25. The van der Waals surface area contributed by atoms with E-state index in [1.807, 2.05) is 0 Å². The fraction of sp³-hybridized carbons (Fsp3) is 0.538. The van der Waals surface area contributed by atoms with Crippen molar-refractivity contribution >= 4 is 11.7 Å². The Morgan fingerprint density at radius 1 is 1.50 bits per heavy atom. The maximum absolute atomic E-state index is 12.6. The number of amidine groups is 1. The van der Waals surface area contributed by atoms with E-state index >= 15 is 0 Å².